The van der Waals surface area contributed by atoms with Gasteiger partial charge in [0.1, 0.15) is 0 Å². The summed E-state index contributed by atoms with van der Waals surface area (Å²) in [5, 5.41) is 14.1. The zero-order valence-electron chi connectivity index (χ0n) is 14.9. The summed E-state index contributed by atoms with van der Waals surface area (Å²) in [6.07, 6.45) is 6.65. The maximum atomic E-state index is 12.4. The molecule has 1 unspecified atom stereocenters. The van der Waals surface area contributed by atoms with Gasteiger partial charge in [0.25, 0.3) is 5.56 Å². The molecule has 3 heterocycles. The van der Waals surface area contributed by atoms with E-state index in [0.717, 1.165) is 36.5 Å². The smallest absolute Gasteiger partial charge is 0.268 e. The topological polar surface area (TPSA) is 95.9 Å². The third-order valence-electron chi connectivity index (χ3n) is 5.29. The number of hydrogen-bond donors (Lipinski definition) is 2. The number of H-pyrrole nitrogens is 1. The van der Waals surface area contributed by atoms with Crippen LogP contribution in [0, 0.1) is 18.8 Å². The van der Waals surface area contributed by atoms with E-state index in [9.17, 15) is 9.59 Å². The second-order valence-corrected chi connectivity index (χ2v) is 7.35. The lowest BCUT2D eigenvalue weighted by Gasteiger charge is -2.18. The second kappa shape index (κ2) is 6.93. The molecule has 0 spiro atoms. The molecule has 2 aromatic rings. The average molecular weight is 356 g/mol. The van der Waals surface area contributed by atoms with Crippen molar-refractivity contribution in [3.63, 3.8) is 0 Å². The summed E-state index contributed by atoms with van der Waals surface area (Å²) in [6, 6.07) is 1.64. The number of nitrogens with one attached hydrogen (secondary N) is 2. The lowest BCUT2D eigenvalue weighted by Crippen LogP contribution is -2.33. The Morgan fingerprint density at radius 3 is 2.88 bits per heavy atom. The summed E-state index contributed by atoms with van der Waals surface area (Å²) in [7, 11) is 0. The van der Waals surface area contributed by atoms with Crippen LogP contribution in [0.15, 0.2) is 23.3 Å². The molecule has 4 rings (SSSR count). The highest BCUT2D eigenvalue weighted by atomic mass is 16.2. The Bertz CT molecular complexity index is 853. The Morgan fingerprint density at radius 1 is 1.35 bits per heavy atom. The molecule has 138 valence electrons. The van der Waals surface area contributed by atoms with E-state index in [-0.39, 0.29) is 17.4 Å². The number of aromatic amines is 1. The maximum Gasteiger partial charge on any atom is 0.268 e. The van der Waals surface area contributed by atoms with Crippen LogP contribution >= 0.6 is 0 Å². The number of nitrogens with zero attached hydrogens (tertiary/aromatic N) is 4. The lowest BCUT2D eigenvalue weighted by molar-refractivity contribution is -0.124. The van der Waals surface area contributed by atoms with Crippen molar-refractivity contribution in [3.05, 3.63) is 40.1 Å². The van der Waals surface area contributed by atoms with Crippen LogP contribution in [0.1, 0.15) is 30.5 Å². The van der Waals surface area contributed by atoms with E-state index in [1.807, 2.05) is 6.92 Å². The third-order valence-corrected chi connectivity index (χ3v) is 5.29. The minimum atomic E-state index is -0.0731. The molecule has 2 fully saturated rings. The molecule has 0 bridgehead atoms. The Hall–Kier alpha value is -2.64. The van der Waals surface area contributed by atoms with Crippen molar-refractivity contribution in [2.24, 2.45) is 11.8 Å². The zero-order chi connectivity index (χ0) is 18.1. The molecule has 1 aliphatic carbocycles. The van der Waals surface area contributed by atoms with Gasteiger partial charge in [-0.05, 0) is 32.1 Å². The van der Waals surface area contributed by atoms with Crippen molar-refractivity contribution in [3.8, 4) is 0 Å². The van der Waals surface area contributed by atoms with Crippen molar-refractivity contribution in [2.75, 3.05) is 18.0 Å². The van der Waals surface area contributed by atoms with Crippen molar-refractivity contribution < 1.29 is 4.79 Å². The first kappa shape index (κ1) is 16.8. The van der Waals surface area contributed by atoms with Gasteiger partial charge in [-0.25, -0.2) is 4.68 Å². The molecule has 2 aromatic heterocycles. The number of anilines is 1. The highest BCUT2D eigenvalue weighted by Gasteiger charge is 2.29. The van der Waals surface area contributed by atoms with Gasteiger partial charge in [0.05, 0.1) is 24.0 Å². The van der Waals surface area contributed by atoms with Gasteiger partial charge in [-0.3, -0.25) is 14.7 Å². The predicted molar refractivity (Wildman–Crippen MR) is 96.7 cm³/mol. The summed E-state index contributed by atoms with van der Waals surface area (Å²) in [5.41, 5.74) is 2.72. The SMILES string of the molecule is Cc1[nH]ncc1CNC(=O)C1CCN(c2cnn(CC3CC3)c(=O)c2)C1. The normalized spacial score (nSPS) is 19.7. The molecule has 2 N–H and O–H groups in total. The number of rotatable bonds is 6. The van der Waals surface area contributed by atoms with Crippen LogP contribution < -0.4 is 15.8 Å². The Kier molecular flexibility index (Phi) is 4.48. The van der Waals surface area contributed by atoms with Crippen molar-refractivity contribution in [2.45, 2.75) is 39.3 Å². The number of carbonyl (C=O) groups excluding carboxylic acids is 1. The summed E-state index contributed by atoms with van der Waals surface area (Å²) < 4.78 is 1.55. The number of amides is 1. The van der Waals surface area contributed by atoms with Gasteiger partial charge in [-0.1, -0.05) is 0 Å². The van der Waals surface area contributed by atoms with Gasteiger partial charge in [-0.2, -0.15) is 10.2 Å². The number of hydrogen-bond acceptors (Lipinski definition) is 5. The molecule has 0 radical (unpaired) electrons. The molecular formula is C18H24N6O2. The summed E-state index contributed by atoms with van der Waals surface area (Å²) in [5.74, 6) is 0.587. The number of carbonyl (C=O) groups is 1. The highest BCUT2D eigenvalue weighted by molar-refractivity contribution is 5.80. The van der Waals surface area contributed by atoms with Crippen molar-refractivity contribution >= 4 is 11.6 Å². The molecule has 1 saturated heterocycles. The first-order valence-electron chi connectivity index (χ1n) is 9.19. The van der Waals surface area contributed by atoms with Gasteiger partial charge in [0.15, 0.2) is 0 Å². The van der Waals surface area contributed by atoms with E-state index < -0.39 is 0 Å². The fourth-order valence-corrected chi connectivity index (χ4v) is 3.37. The second-order valence-electron chi connectivity index (χ2n) is 7.35. The molecule has 1 atom stereocenters. The minimum absolute atomic E-state index is 0.0446. The van der Waals surface area contributed by atoms with E-state index in [1.165, 1.54) is 12.8 Å². The molecule has 0 aromatic carbocycles. The molecule has 1 saturated carbocycles. The van der Waals surface area contributed by atoms with Crippen molar-refractivity contribution in [1.29, 1.82) is 0 Å². The van der Waals surface area contributed by atoms with Crippen LogP contribution in [0.2, 0.25) is 0 Å². The Balaban J connectivity index is 1.34. The fourth-order valence-electron chi connectivity index (χ4n) is 3.37. The van der Waals surface area contributed by atoms with E-state index in [4.69, 9.17) is 0 Å². The average Bonchev–Trinajstić information content (AvgIpc) is 3.14. The van der Waals surface area contributed by atoms with Crippen molar-refractivity contribution in [1.82, 2.24) is 25.3 Å². The largest absolute Gasteiger partial charge is 0.369 e. The van der Waals surface area contributed by atoms with Gasteiger partial charge >= 0.3 is 0 Å². The molecule has 2 aliphatic rings. The van der Waals surface area contributed by atoms with E-state index >= 15 is 0 Å². The lowest BCUT2D eigenvalue weighted by atomic mass is 10.1. The van der Waals surface area contributed by atoms with Crippen LogP contribution in [0.4, 0.5) is 5.69 Å². The van der Waals surface area contributed by atoms with Crippen LogP contribution in [0.5, 0.6) is 0 Å². The fraction of sp³-hybridized carbons (Fsp3) is 0.556. The molecule has 1 amide bonds. The standard InChI is InChI=1S/C18H24N6O2/c1-12-15(8-20-22-12)7-19-18(26)14-4-5-23(11-14)16-6-17(25)24(21-9-16)10-13-2-3-13/h6,8-9,13-14H,2-5,7,10-11H2,1H3,(H,19,26)(H,20,22). The van der Waals surface area contributed by atoms with Gasteiger partial charge in [-0.15, -0.1) is 0 Å². The maximum absolute atomic E-state index is 12.4. The first-order valence-corrected chi connectivity index (χ1v) is 9.19. The van der Waals surface area contributed by atoms with Crippen LogP contribution in [0.25, 0.3) is 0 Å². The molecular weight excluding hydrogens is 332 g/mol. The first-order chi connectivity index (χ1) is 12.6. The van der Waals surface area contributed by atoms with Gasteiger partial charge in [0.2, 0.25) is 5.91 Å². The zero-order valence-corrected chi connectivity index (χ0v) is 14.9. The van der Waals surface area contributed by atoms with Crippen LogP contribution in [-0.2, 0) is 17.9 Å². The molecule has 8 nitrogen and oxygen atoms in total. The van der Waals surface area contributed by atoms with Crippen LogP contribution in [-0.4, -0.2) is 39.0 Å². The van der Waals surface area contributed by atoms with Gasteiger partial charge < -0.3 is 10.2 Å². The summed E-state index contributed by atoms with van der Waals surface area (Å²) in [4.78, 5) is 26.7. The monoisotopic (exact) mass is 356 g/mol. The highest BCUT2D eigenvalue weighted by Crippen LogP contribution is 2.30. The quantitative estimate of drug-likeness (QED) is 0.799. The Labute approximate surface area is 151 Å². The Morgan fingerprint density at radius 2 is 2.19 bits per heavy atom. The minimum Gasteiger partial charge on any atom is -0.369 e. The van der Waals surface area contributed by atoms with E-state index in [2.05, 4.69) is 25.5 Å². The summed E-state index contributed by atoms with van der Waals surface area (Å²) in [6.45, 7) is 4.51. The summed E-state index contributed by atoms with van der Waals surface area (Å²) >= 11 is 0. The number of aromatic nitrogens is 4. The molecule has 1 aliphatic heterocycles. The predicted octanol–water partition coefficient (Wildman–Crippen LogP) is 0.828. The van der Waals surface area contributed by atoms with Crippen LogP contribution in [0.3, 0.4) is 0 Å². The van der Waals surface area contributed by atoms with E-state index in [1.54, 1.807) is 23.1 Å². The van der Waals surface area contributed by atoms with E-state index in [0.29, 0.717) is 19.0 Å². The van der Waals surface area contributed by atoms with Gasteiger partial charge in [0, 0.05) is 43.5 Å². The number of aryl methyl sites for hydroxylation is 1. The molecule has 26 heavy (non-hydrogen) atoms. The molecule has 8 heteroatoms. The third kappa shape index (κ3) is 3.63.